The van der Waals surface area contributed by atoms with Crippen molar-refractivity contribution in [3.8, 4) is 0 Å². The van der Waals surface area contributed by atoms with Gasteiger partial charge in [0.25, 0.3) is 0 Å². The first-order valence-corrected chi connectivity index (χ1v) is 6.66. The number of nitrogens with zero attached hydrogens (tertiary/aromatic N) is 1. The lowest BCUT2D eigenvalue weighted by atomic mass is 10.0. The predicted molar refractivity (Wildman–Crippen MR) is 83.4 cm³/mol. The first-order valence-electron chi connectivity index (χ1n) is 6.25. The number of hydrogen-bond donors (Lipinski definition) is 1. The fourth-order valence-corrected chi connectivity index (χ4v) is 2.52. The summed E-state index contributed by atoms with van der Waals surface area (Å²) >= 11 is 5.12. The van der Waals surface area contributed by atoms with Gasteiger partial charge in [-0.05, 0) is 31.4 Å². The Hall–Kier alpha value is -1.61. The summed E-state index contributed by atoms with van der Waals surface area (Å²) < 4.78 is 0. The molecule has 3 heteroatoms. The number of rotatable bonds is 4. The Morgan fingerprint density at radius 1 is 1.06 bits per heavy atom. The Labute approximate surface area is 113 Å². The molecule has 0 saturated heterocycles. The molecule has 2 aromatic rings. The standard InChI is InChI=1S/C15H18N2S/c1-3-17(4-2)14-10-9-13(15(16)18)11-7-5-6-8-12(11)14/h5-10H,3-4H2,1-2H3,(H2,16,18). The van der Waals surface area contributed by atoms with Crippen LogP contribution < -0.4 is 10.6 Å². The van der Waals surface area contributed by atoms with Crippen LogP contribution in [0.4, 0.5) is 5.69 Å². The summed E-state index contributed by atoms with van der Waals surface area (Å²) in [6.45, 7) is 6.32. The van der Waals surface area contributed by atoms with Crippen LogP contribution in [-0.4, -0.2) is 18.1 Å². The highest BCUT2D eigenvalue weighted by Gasteiger charge is 2.10. The molecular weight excluding hydrogens is 240 g/mol. The molecule has 18 heavy (non-hydrogen) atoms. The maximum atomic E-state index is 5.79. The van der Waals surface area contributed by atoms with Crippen LogP contribution in [0.15, 0.2) is 36.4 Å². The van der Waals surface area contributed by atoms with E-state index in [4.69, 9.17) is 18.0 Å². The van der Waals surface area contributed by atoms with Gasteiger partial charge in [-0.2, -0.15) is 0 Å². The third kappa shape index (κ3) is 2.18. The molecule has 0 amide bonds. The largest absolute Gasteiger partial charge is 0.389 e. The highest BCUT2D eigenvalue weighted by molar-refractivity contribution is 7.80. The normalized spacial score (nSPS) is 10.6. The van der Waals surface area contributed by atoms with E-state index in [2.05, 4.69) is 43.0 Å². The zero-order valence-corrected chi connectivity index (χ0v) is 11.6. The monoisotopic (exact) mass is 258 g/mol. The van der Waals surface area contributed by atoms with Gasteiger partial charge in [0.05, 0.1) is 0 Å². The van der Waals surface area contributed by atoms with E-state index in [-0.39, 0.29) is 0 Å². The Morgan fingerprint density at radius 2 is 1.67 bits per heavy atom. The average molecular weight is 258 g/mol. The molecule has 0 bridgehead atoms. The molecule has 2 N–H and O–H groups in total. The molecular formula is C15H18N2S. The second-order valence-corrected chi connectivity index (χ2v) is 4.65. The number of nitrogens with two attached hydrogens (primary N) is 1. The van der Waals surface area contributed by atoms with Gasteiger partial charge in [0.2, 0.25) is 0 Å². The van der Waals surface area contributed by atoms with Crippen molar-refractivity contribution in [1.29, 1.82) is 0 Å². The van der Waals surface area contributed by atoms with Crippen LogP contribution >= 0.6 is 12.2 Å². The second-order valence-electron chi connectivity index (χ2n) is 4.21. The van der Waals surface area contributed by atoms with Gasteiger partial charge in [0, 0.05) is 29.7 Å². The van der Waals surface area contributed by atoms with Crippen molar-refractivity contribution in [2.45, 2.75) is 13.8 Å². The van der Waals surface area contributed by atoms with Gasteiger partial charge in [-0.25, -0.2) is 0 Å². The molecule has 0 aliphatic carbocycles. The van der Waals surface area contributed by atoms with Crippen LogP contribution in [-0.2, 0) is 0 Å². The van der Waals surface area contributed by atoms with Gasteiger partial charge in [-0.15, -0.1) is 0 Å². The number of benzene rings is 2. The third-order valence-corrected chi connectivity index (χ3v) is 3.49. The smallest absolute Gasteiger partial charge is 0.104 e. The maximum absolute atomic E-state index is 5.79. The van der Waals surface area contributed by atoms with E-state index in [1.807, 2.05) is 12.1 Å². The maximum Gasteiger partial charge on any atom is 0.104 e. The highest BCUT2D eigenvalue weighted by atomic mass is 32.1. The Kier molecular flexibility index (Phi) is 3.82. The fourth-order valence-electron chi connectivity index (χ4n) is 2.34. The molecule has 2 nitrogen and oxygen atoms in total. The van der Waals surface area contributed by atoms with E-state index >= 15 is 0 Å². The van der Waals surface area contributed by atoms with Crippen molar-refractivity contribution in [2.75, 3.05) is 18.0 Å². The van der Waals surface area contributed by atoms with Gasteiger partial charge in [0.15, 0.2) is 0 Å². The van der Waals surface area contributed by atoms with E-state index in [9.17, 15) is 0 Å². The molecule has 0 aromatic heterocycles. The molecule has 0 radical (unpaired) electrons. The zero-order valence-electron chi connectivity index (χ0n) is 10.8. The molecule has 0 aliphatic heterocycles. The van der Waals surface area contributed by atoms with Crippen molar-refractivity contribution in [3.63, 3.8) is 0 Å². The first kappa shape index (κ1) is 12.8. The third-order valence-electron chi connectivity index (χ3n) is 3.27. The number of anilines is 1. The van der Waals surface area contributed by atoms with Crippen molar-refractivity contribution in [2.24, 2.45) is 5.73 Å². The Bertz CT molecular complexity index is 574. The molecule has 0 saturated carbocycles. The van der Waals surface area contributed by atoms with Gasteiger partial charge in [-0.1, -0.05) is 36.5 Å². The minimum absolute atomic E-state index is 0.456. The lowest BCUT2D eigenvalue weighted by Gasteiger charge is -2.23. The lowest BCUT2D eigenvalue weighted by molar-refractivity contribution is 0.870. The summed E-state index contributed by atoms with van der Waals surface area (Å²) in [5, 5.41) is 2.35. The Balaban J connectivity index is 2.71. The van der Waals surface area contributed by atoms with Crippen molar-refractivity contribution >= 4 is 33.7 Å². The van der Waals surface area contributed by atoms with Crippen LogP contribution in [0.2, 0.25) is 0 Å². The minimum atomic E-state index is 0.456. The van der Waals surface area contributed by atoms with E-state index in [1.165, 1.54) is 11.1 Å². The van der Waals surface area contributed by atoms with Gasteiger partial charge < -0.3 is 10.6 Å². The Morgan fingerprint density at radius 3 is 2.22 bits per heavy atom. The van der Waals surface area contributed by atoms with E-state index in [1.54, 1.807) is 0 Å². The quantitative estimate of drug-likeness (QED) is 0.853. The van der Waals surface area contributed by atoms with Crippen LogP contribution in [0.25, 0.3) is 10.8 Å². The molecule has 0 spiro atoms. The van der Waals surface area contributed by atoms with Crippen LogP contribution in [0.5, 0.6) is 0 Å². The summed E-state index contributed by atoms with van der Waals surface area (Å²) in [4.78, 5) is 2.79. The van der Waals surface area contributed by atoms with Crippen LogP contribution in [0.3, 0.4) is 0 Å². The molecule has 0 unspecified atom stereocenters. The SMILES string of the molecule is CCN(CC)c1ccc(C(N)=S)c2ccccc12. The predicted octanol–water partition coefficient (Wildman–Crippen LogP) is 3.32. The van der Waals surface area contributed by atoms with Crippen LogP contribution in [0.1, 0.15) is 19.4 Å². The molecule has 0 fully saturated rings. The van der Waals surface area contributed by atoms with Gasteiger partial charge in [-0.3, -0.25) is 0 Å². The summed E-state index contributed by atoms with van der Waals surface area (Å²) in [7, 11) is 0. The molecule has 2 rings (SSSR count). The zero-order chi connectivity index (χ0) is 13.1. The summed E-state index contributed by atoms with van der Waals surface area (Å²) in [6, 6.07) is 12.4. The van der Waals surface area contributed by atoms with E-state index in [0.29, 0.717) is 4.99 Å². The van der Waals surface area contributed by atoms with Crippen molar-refractivity contribution < 1.29 is 0 Å². The molecule has 94 valence electrons. The molecule has 0 aliphatic rings. The second kappa shape index (κ2) is 5.36. The number of thiocarbonyl (C=S) groups is 1. The summed E-state index contributed by atoms with van der Waals surface area (Å²) in [6.07, 6.45) is 0. The van der Waals surface area contributed by atoms with Gasteiger partial charge >= 0.3 is 0 Å². The molecule has 2 aromatic carbocycles. The minimum Gasteiger partial charge on any atom is -0.389 e. The fraction of sp³-hybridized carbons (Fsp3) is 0.267. The summed E-state index contributed by atoms with van der Waals surface area (Å²) in [5.41, 5.74) is 7.99. The summed E-state index contributed by atoms with van der Waals surface area (Å²) in [5.74, 6) is 0. The lowest BCUT2D eigenvalue weighted by Crippen LogP contribution is -2.22. The van der Waals surface area contributed by atoms with Crippen molar-refractivity contribution in [1.82, 2.24) is 0 Å². The highest BCUT2D eigenvalue weighted by Crippen LogP contribution is 2.29. The van der Waals surface area contributed by atoms with Crippen LogP contribution in [0, 0.1) is 0 Å². The van der Waals surface area contributed by atoms with Crippen molar-refractivity contribution in [3.05, 3.63) is 42.0 Å². The number of fused-ring (bicyclic) bond motifs is 1. The molecule has 0 heterocycles. The average Bonchev–Trinajstić information content (AvgIpc) is 2.39. The number of hydrogen-bond acceptors (Lipinski definition) is 2. The van der Waals surface area contributed by atoms with E-state index in [0.717, 1.165) is 24.0 Å². The first-order chi connectivity index (χ1) is 8.69. The van der Waals surface area contributed by atoms with E-state index < -0.39 is 0 Å². The topological polar surface area (TPSA) is 29.3 Å². The molecule has 0 atom stereocenters. The van der Waals surface area contributed by atoms with Gasteiger partial charge in [0.1, 0.15) is 4.99 Å².